The molecular weight excluding hydrogens is 271 g/mol. The van der Waals surface area contributed by atoms with Gasteiger partial charge >= 0.3 is 0 Å². The third-order valence-electron chi connectivity index (χ3n) is 3.77. The van der Waals surface area contributed by atoms with Crippen LogP contribution in [-0.2, 0) is 13.5 Å². The van der Waals surface area contributed by atoms with Crippen LogP contribution in [0.2, 0.25) is 0 Å². The van der Waals surface area contributed by atoms with Gasteiger partial charge in [0.05, 0.1) is 18.8 Å². The molecule has 0 bridgehead atoms. The van der Waals surface area contributed by atoms with E-state index in [0.29, 0.717) is 6.42 Å². The first-order valence-electron chi connectivity index (χ1n) is 6.76. The second-order valence-corrected chi connectivity index (χ2v) is 5.10. The predicted octanol–water partition coefficient (Wildman–Crippen LogP) is 1.93. The number of benzene rings is 1. The fourth-order valence-electron chi connectivity index (χ4n) is 2.61. The van der Waals surface area contributed by atoms with Crippen LogP contribution in [0.5, 0.6) is 5.75 Å². The molecule has 0 amide bonds. The number of rotatable bonds is 5. The normalized spacial score (nSPS) is 12.5. The van der Waals surface area contributed by atoms with Crippen molar-refractivity contribution in [1.82, 2.24) is 15.2 Å². The Morgan fingerprint density at radius 1 is 1.43 bits per heavy atom. The smallest absolute Gasteiger partial charge is 0.165 e. The molecule has 0 aliphatic heterocycles. The van der Waals surface area contributed by atoms with E-state index < -0.39 is 0 Å². The number of methoxy groups -OCH3 is 1. The SMILES string of the molecule is COc1ccc(CC(NN)c2c(C)nn(C)c2C)cc1F. The minimum atomic E-state index is -0.370. The van der Waals surface area contributed by atoms with E-state index in [0.717, 1.165) is 22.5 Å². The van der Waals surface area contributed by atoms with Gasteiger partial charge in [-0.1, -0.05) is 6.07 Å². The summed E-state index contributed by atoms with van der Waals surface area (Å²) in [5.74, 6) is 5.56. The molecule has 21 heavy (non-hydrogen) atoms. The lowest BCUT2D eigenvalue weighted by molar-refractivity contribution is 0.386. The van der Waals surface area contributed by atoms with Crippen LogP contribution in [0.3, 0.4) is 0 Å². The van der Waals surface area contributed by atoms with Crippen molar-refractivity contribution < 1.29 is 9.13 Å². The summed E-state index contributed by atoms with van der Waals surface area (Å²) in [5, 5.41) is 4.39. The molecule has 5 nitrogen and oxygen atoms in total. The minimum Gasteiger partial charge on any atom is -0.494 e. The van der Waals surface area contributed by atoms with E-state index in [9.17, 15) is 4.39 Å². The molecule has 2 aromatic rings. The van der Waals surface area contributed by atoms with E-state index in [1.165, 1.54) is 13.2 Å². The summed E-state index contributed by atoms with van der Waals surface area (Å²) < 4.78 is 20.5. The van der Waals surface area contributed by atoms with Gasteiger partial charge in [0.2, 0.25) is 0 Å². The summed E-state index contributed by atoms with van der Waals surface area (Å²) in [5.41, 5.74) is 6.67. The fourth-order valence-corrected chi connectivity index (χ4v) is 2.61. The first-order valence-corrected chi connectivity index (χ1v) is 6.76. The average Bonchev–Trinajstić information content (AvgIpc) is 2.70. The molecule has 1 heterocycles. The molecular formula is C15H21FN4O. The summed E-state index contributed by atoms with van der Waals surface area (Å²) >= 11 is 0. The molecule has 1 aromatic carbocycles. The third-order valence-corrected chi connectivity index (χ3v) is 3.77. The van der Waals surface area contributed by atoms with E-state index in [4.69, 9.17) is 10.6 Å². The molecule has 2 rings (SSSR count). The molecule has 114 valence electrons. The van der Waals surface area contributed by atoms with Gasteiger partial charge in [-0.05, 0) is 38.0 Å². The summed E-state index contributed by atoms with van der Waals surface area (Å²) in [6, 6.07) is 4.82. The van der Waals surface area contributed by atoms with Gasteiger partial charge in [0, 0.05) is 18.3 Å². The molecule has 0 radical (unpaired) electrons. The summed E-state index contributed by atoms with van der Waals surface area (Å²) in [6.07, 6.45) is 0.574. The van der Waals surface area contributed by atoms with Gasteiger partial charge in [0.25, 0.3) is 0 Å². The van der Waals surface area contributed by atoms with E-state index in [-0.39, 0.29) is 17.6 Å². The van der Waals surface area contributed by atoms with Gasteiger partial charge in [0.1, 0.15) is 0 Å². The Morgan fingerprint density at radius 2 is 2.14 bits per heavy atom. The van der Waals surface area contributed by atoms with Gasteiger partial charge in [0.15, 0.2) is 11.6 Å². The molecule has 0 fully saturated rings. The highest BCUT2D eigenvalue weighted by molar-refractivity contribution is 5.33. The molecule has 0 spiro atoms. The van der Waals surface area contributed by atoms with Crippen LogP contribution in [0.15, 0.2) is 18.2 Å². The summed E-state index contributed by atoms with van der Waals surface area (Å²) in [6.45, 7) is 3.94. The van der Waals surface area contributed by atoms with Crippen molar-refractivity contribution in [2.24, 2.45) is 12.9 Å². The number of halogens is 1. The van der Waals surface area contributed by atoms with E-state index in [2.05, 4.69) is 10.5 Å². The number of hydrazine groups is 1. The second kappa shape index (κ2) is 6.24. The lowest BCUT2D eigenvalue weighted by atomic mass is 9.97. The molecule has 1 atom stereocenters. The quantitative estimate of drug-likeness (QED) is 0.653. The zero-order chi connectivity index (χ0) is 15.6. The highest BCUT2D eigenvalue weighted by Gasteiger charge is 2.20. The highest BCUT2D eigenvalue weighted by atomic mass is 19.1. The molecule has 0 saturated heterocycles. The average molecular weight is 292 g/mol. The van der Waals surface area contributed by atoms with Crippen LogP contribution >= 0.6 is 0 Å². The predicted molar refractivity (Wildman–Crippen MR) is 79.4 cm³/mol. The van der Waals surface area contributed by atoms with Crippen LogP contribution in [0, 0.1) is 19.7 Å². The van der Waals surface area contributed by atoms with Crippen molar-refractivity contribution in [3.63, 3.8) is 0 Å². The summed E-state index contributed by atoms with van der Waals surface area (Å²) in [7, 11) is 3.34. The Morgan fingerprint density at radius 3 is 2.62 bits per heavy atom. The molecule has 0 aliphatic carbocycles. The van der Waals surface area contributed by atoms with Crippen LogP contribution in [0.25, 0.3) is 0 Å². The zero-order valence-corrected chi connectivity index (χ0v) is 12.8. The van der Waals surface area contributed by atoms with Crippen molar-refractivity contribution >= 4 is 0 Å². The molecule has 3 N–H and O–H groups in total. The molecule has 1 unspecified atom stereocenters. The molecule has 1 aromatic heterocycles. The largest absolute Gasteiger partial charge is 0.494 e. The Bertz CT molecular complexity index is 639. The highest BCUT2D eigenvalue weighted by Crippen LogP contribution is 2.26. The first-order chi connectivity index (χ1) is 9.97. The standard InChI is InChI=1S/C15H21FN4O/c1-9-15(10(2)20(3)19-9)13(18-17)8-11-5-6-14(21-4)12(16)7-11/h5-7,13,18H,8,17H2,1-4H3. The lowest BCUT2D eigenvalue weighted by Gasteiger charge is -2.17. The summed E-state index contributed by atoms with van der Waals surface area (Å²) in [4.78, 5) is 0. The van der Waals surface area contributed by atoms with Gasteiger partial charge in [-0.3, -0.25) is 16.0 Å². The maximum Gasteiger partial charge on any atom is 0.165 e. The van der Waals surface area contributed by atoms with Crippen LogP contribution in [0.4, 0.5) is 4.39 Å². The number of ether oxygens (including phenoxy) is 1. The lowest BCUT2D eigenvalue weighted by Crippen LogP contribution is -2.30. The number of hydrogen-bond donors (Lipinski definition) is 2. The number of nitrogens with two attached hydrogens (primary N) is 1. The van der Waals surface area contributed by atoms with Crippen molar-refractivity contribution in [3.8, 4) is 5.75 Å². The topological polar surface area (TPSA) is 65.1 Å². The third kappa shape index (κ3) is 3.06. The second-order valence-electron chi connectivity index (χ2n) is 5.10. The number of aryl methyl sites for hydroxylation is 2. The molecule has 6 heteroatoms. The number of nitrogens with zero attached hydrogens (tertiary/aromatic N) is 2. The Kier molecular flexibility index (Phi) is 4.59. The number of nitrogens with one attached hydrogen (secondary N) is 1. The Balaban J connectivity index is 2.29. The van der Waals surface area contributed by atoms with E-state index >= 15 is 0 Å². The maximum absolute atomic E-state index is 13.8. The molecule has 0 saturated carbocycles. The van der Waals surface area contributed by atoms with Crippen LogP contribution < -0.4 is 16.0 Å². The van der Waals surface area contributed by atoms with Crippen LogP contribution in [0.1, 0.15) is 28.6 Å². The van der Waals surface area contributed by atoms with Crippen molar-refractivity contribution in [2.45, 2.75) is 26.3 Å². The fraction of sp³-hybridized carbons (Fsp3) is 0.400. The number of hydrogen-bond acceptors (Lipinski definition) is 4. The Labute approximate surface area is 123 Å². The van der Waals surface area contributed by atoms with Gasteiger partial charge in [-0.25, -0.2) is 4.39 Å². The zero-order valence-electron chi connectivity index (χ0n) is 12.8. The van der Waals surface area contributed by atoms with E-state index in [1.807, 2.05) is 31.6 Å². The van der Waals surface area contributed by atoms with Gasteiger partial charge in [-0.2, -0.15) is 5.10 Å². The molecule has 0 aliphatic rings. The van der Waals surface area contributed by atoms with Gasteiger partial charge < -0.3 is 4.74 Å². The monoisotopic (exact) mass is 292 g/mol. The Hall–Kier alpha value is -1.92. The maximum atomic E-state index is 13.8. The van der Waals surface area contributed by atoms with Crippen molar-refractivity contribution in [2.75, 3.05) is 7.11 Å². The first kappa shape index (κ1) is 15.5. The number of aromatic nitrogens is 2. The van der Waals surface area contributed by atoms with Crippen molar-refractivity contribution in [1.29, 1.82) is 0 Å². The van der Waals surface area contributed by atoms with E-state index in [1.54, 1.807) is 6.07 Å². The van der Waals surface area contributed by atoms with Crippen LogP contribution in [-0.4, -0.2) is 16.9 Å². The van der Waals surface area contributed by atoms with Gasteiger partial charge in [-0.15, -0.1) is 0 Å². The minimum absolute atomic E-state index is 0.119. The van der Waals surface area contributed by atoms with Crippen molar-refractivity contribution in [3.05, 3.63) is 46.5 Å².